The number of hydrogen-bond donors (Lipinski definition) is 1. The molecule has 6 heteroatoms. The Hall–Kier alpha value is -2.01. The van der Waals surface area contributed by atoms with Crippen molar-refractivity contribution < 1.29 is 9.47 Å². The Bertz CT molecular complexity index is 563. The molecule has 0 aliphatic carbocycles. The highest BCUT2D eigenvalue weighted by atomic mass is 35.5. The smallest absolute Gasteiger partial charge is 0.218 e. The Labute approximate surface area is 116 Å². The zero-order chi connectivity index (χ0) is 13.7. The van der Waals surface area contributed by atoms with Crippen LogP contribution in [0.4, 0.5) is 5.82 Å². The number of ether oxygens (including phenoxy) is 2. The molecule has 1 N–H and O–H groups in total. The van der Waals surface area contributed by atoms with Gasteiger partial charge < -0.3 is 14.8 Å². The van der Waals surface area contributed by atoms with Crippen molar-refractivity contribution in [3.05, 3.63) is 41.2 Å². The predicted octanol–water partition coefficient (Wildman–Crippen LogP) is 2.76. The maximum atomic E-state index is 6.16. The molecule has 5 nitrogen and oxygen atoms in total. The van der Waals surface area contributed by atoms with E-state index in [1.54, 1.807) is 20.3 Å². The van der Waals surface area contributed by atoms with E-state index in [0.29, 0.717) is 23.3 Å². The van der Waals surface area contributed by atoms with Gasteiger partial charge in [0.25, 0.3) is 0 Å². The molecular weight excluding hydrogens is 266 g/mol. The normalized spacial score (nSPS) is 10.1. The molecule has 2 rings (SSSR count). The fourth-order valence-corrected chi connectivity index (χ4v) is 1.86. The van der Waals surface area contributed by atoms with Gasteiger partial charge in [-0.05, 0) is 12.1 Å². The van der Waals surface area contributed by atoms with Crippen molar-refractivity contribution in [2.75, 3.05) is 19.5 Å². The summed E-state index contributed by atoms with van der Waals surface area (Å²) in [7, 11) is 3.17. The van der Waals surface area contributed by atoms with Gasteiger partial charge in [-0.2, -0.15) is 0 Å². The van der Waals surface area contributed by atoms with Gasteiger partial charge in [-0.15, -0.1) is 0 Å². The summed E-state index contributed by atoms with van der Waals surface area (Å²) in [5.41, 5.74) is 0.879. The van der Waals surface area contributed by atoms with E-state index in [0.717, 1.165) is 11.3 Å². The molecule has 0 atom stereocenters. The van der Waals surface area contributed by atoms with Crippen LogP contribution >= 0.6 is 11.6 Å². The highest BCUT2D eigenvalue weighted by Gasteiger charge is 2.07. The molecule has 0 spiro atoms. The van der Waals surface area contributed by atoms with Crippen LogP contribution in [0.3, 0.4) is 0 Å². The Kier molecular flexibility index (Phi) is 4.41. The van der Waals surface area contributed by atoms with Crippen LogP contribution in [0.25, 0.3) is 0 Å². The summed E-state index contributed by atoms with van der Waals surface area (Å²) in [6.07, 6.45) is 1.44. The number of anilines is 1. The van der Waals surface area contributed by atoms with Gasteiger partial charge >= 0.3 is 0 Å². The summed E-state index contributed by atoms with van der Waals surface area (Å²) in [6.45, 7) is 0.503. The fourth-order valence-electron chi connectivity index (χ4n) is 1.63. The topological polar surface area (TPSA) is 56.3 Å². The standard InChI is InChI=1S/C13H14ClN3O2/c1-18-11-5-3-4-10(14)9(11)7-15-12-6-13(19-2)17-8-16-12/h3-6,8H,7H2,1-2H3,(H,15,16,17). The van der Waals surface area contributed by atoms with Crippen LogP contribution in [-0.2, 0) is 6.54 Å². The molecule has 19 heavy (non-hydrogen) atoms. The third kappa shape index (κ3) is 3.26. The summed E-state index contributed by atoms with van der Waals surface area (Å²) in [5.74, 6) is 1.90. The maximum Gasteiger partial charge on any atom is 0.218 e. The highest BCUT2D eigenvalue weighted by molar-refractivity contribution is 6.31. The largest absolute Gasteiger partial charge is 0.496 e. The maximum absolute atomic E-state index is 6.16. The van der Waals surface area contributed by atoms with E-state index in [1.165, 1.54) is 6.33 Å². The lowest BCUT2D eigenvalue weighted by Gasteiger charge is -2.11. The number of nitrogens with one attached hydrogen (secondary N) is 1. The average molecular weight is 280 g/mol. The van der Waals surface area contributed by atoms with Crippen molar-refractivity contribution >= 4 is 17.4 Å². The van der Waals surface area contributed by atoms with Crippen molar-refractivity contribution in [3.8, 4) is 11.6 Å². The lowest BCUT2D eigenvalue weighted by atomic mass is 10.2. The van der Waals surface area contributed by atoms with Crippen LogP contribution in [0.2, 0.25) is 5.02 Å². The SMILES string of the molecule is COc1cc(NCc2c(Cl)cccc2OC)ncn1. The molecule has 0 aliphatic rings. The van der Waals surface area contributed by atoms with Gasteiger partial charge in [0, 0.05) is 23.2 Å². The van der Waals surface area contributed by atoms with E-state index in [9.17, 15) is 0 Å². The van der Waals surface area contributed by atoms with Crippen molar-refractivity contribution in [2.45, 2.75) is 6.54 Å². The number of benzene rings is 1. The van der Waals surface area contributed by atoms with Crippen molar-refractivity contribution in [2.24, 2.45) is 0 Å². The molecule has 2 aromatic rings. The highest BCUT2D eigenvalue weighted by Crippen LogP contribution is 2.27. The summed E-state index contributed by atoms with van der Waals surface area (Å²) in [5, 5.41) is 3.80. The molecule has 0 unspecified atom stereocenters. The molecule has 0 aliphatic heterocycles. The van der Waals surface area contributed by atoms with Crippen molar-refractivity contribution in [3.63, 3.8) is 0 Å². The molecule has 0 bridgehead atoms. The molecule has 0 radical (unpaired) electrons. The number of halogens is 1. The first-order valence-electron chi connectivity index (χ1n) is 5.66. The van der Waals surface area contributed by atoms with Crippen molar-refractivity contribution in [1.29, 1.82) is 0 Å². The predicted molar refractivity (Wildman–Crippen MR) is 73.9 cm³/mol. The number of methoxy groups -OCH3 is 2. The van der Waals surface area contributed by atoms with Gasteiger partial charge in [0.1, 0.15) is 17.9 Å². The van der Waals surface area contributed by atoms with E-state index < -0.39 is 0 Å². The minimum atomic E-state index is 0.503. The quantitative estimate of drug-likeness (QED) is 0.912. The second-order valence-electron chi connectivity index (χ2n) is 3.72. The van der Waals surface area contributed by atoms with E-state index in [-0.39, 0.29) is 0 Å². The van der Waals surface area contributed by atoms with Gasteiger partial charge in [-0.25, -0.2) is 9.97 Å². The van der Waals surface area contributed by atoms with Crippen LogP contribution < -0.4 is 14.8 Å². The zero-order valence-corrected chi connectivity index (χ0v) is 11.4. The molecule has 1 aromatic carbocycles. The molecule has 0 amide bonds. The summed E-state index contributed by atoms with van der Waals surface area (Å²) >= 11 is 6.16. The second kappa shape index (κ2) is 6.24. The summed E-state index contributed by atoms with van der Waals surface area (Å²) < 4.78 is 10.3. The number of aromatic nitrogens is 2. The first kappa shape index (κ1) is 13.4. The van der Waals surface area contributed by atoms with Crippen LogP contribution in [0, 0.1) is 0 Å². The van der Waals surface area contributed by atoms with Gasteiger partial charge in [-0.3, -0.25) is 0 Å². The van der Waals surface area contributed by atoms with Gasteiger partial charge in [-0.1, -0.05) is 17.7 Å². The van der Waals surface area contributed by atoms with Gasteiger partial charge in [0.05, 0.1) is 14.2 Å². The number of hydrogen-bond acceptors (Lipinski definition) is 5. The van der Waals surface area contributed by atoms with E-state index in [2.05, 4.69) is 15.3 Å². The minimum Gasteiger partial charge on any atom is -0.496 e. The molecule has 1 heterocycles. The van der Waals surface area contributed by atoms with Crippen LogP contribution in [0.1, 0.15) is 5.56 Å². The molecule has 0 fully saturated rings. The number of nitrogens with zero attached hydrogens (tertiary/aromatic N) is 2. The average Bonchev–Trinajstić information content (AvgIpc) is 2.46. The second-order valence-corrected chi connectivity index (χ2v) is 4.13. The monoisotopic (exact) mass is 279 g/mol. The van der Waals surface area contributed by atoms with E-state index in [4.69, 9.17) is 21.1 Å². The Morgan fingerprint density at radius 2 is 2.05 bits per heavy atom. The van der Waals surface area contributed by atoms with Gasteiger partial charge in [0.2, 0.25) is 5.88 Å². The van der Waals surface area contributed by atoms with E-state index >= 15 is 0 Å². The van der Waals surface area contributed by atoms with Crippen molar-refractivity contribution in [1.82, 2.24) is 9.97 Å². The first-order chi connectivity index (χ1) is 9.24. The molecular formula is C13H14ClN3O2. The van der Waals surface area contributed by atoms with Gasteiger partial charge in [0.15, 0.2) is 0 Å². The number of rotatable bonds is 5. The first-order valence-corrected chi connectivity index (χ1v) is 6.03. The van der Waals surface area contributed by atoms with Crippen LogP contribution in [0.5, 0.6) is 11.6 Å². The lowest BCUT2D eigenvalue weighted by molar-refractivity contribution is 0.397. The van der Waals surface area contributed by atoms with Crippen LogP contribution in [-0.4, -0.2) is 24.2 Å². The Morgan fingerprint density at radius 1 is 1.21 bits per heavy atom. The third-order valence-corrected chi connectivity index (χ3v) is 2.95. The summed E-state index contributed by atoms with van der Waals surface area (Å²) in [4.78, 5) is 8.04. The summed E-state index contributed by atoms with van der Waals surface area (Å²) in [6, 6.07) is 7.24. The molecule has 100 valence electrons. The third-order valence-electron chi connectivity index (χ3n) is 2.59. The lowest BCUT2D eigenvalue weighted by Crippen LogP contribution is -2.04. The molecule has 0 saturated heterocycles. The fraction of sp³-hybridized carbons (Fsp3) is 0.231. The zero-order valence-electron chi connectivity index (χ0n) is 10.7. The van der Waals surface area contributed by atoms with Crippen LogP contribution in [0.15, 0.2) is 30.6 Å². The van der Waals surface area contributed by atoms with E-state index in [1.807, 2.05) is 18.2 Å². The molecule has 1 aromatic heterocycles. The Balaban J connectivity index is 2.14. The Morgan fingerprint density at radius 3 is 2.79 bits per heavy atom. The minimum absolute atomic E-state index is 0.503. The molecule has 0 saturated carbocycles.